The van der Waals surface area contributed by atoms with Gasteiger partial charge < -0.3 is 15.4 Å². The van der Waals surface area contributed by atoms with E-state index in [9.17, 15) is 13.2 Å². The molecule has 0 aliphatic rings. The number of nitrogen functional groups attached to an aromatic ring is 1. The number of methoxy groups -OCH3 is 1. The predicted octanol–water partition coefficient (Wildman–Crippen LogP) is 2.31. The van der Waals surface area contributed by atoms with E-state index in [2.05, 4.69) is 9.13 Å². The minimum atomic E-state index is -4.09. The van der Waals surface area contributed by atoms with Gasteiger partial charge in [-0.15, -0.1) is 4.40 Å². The monoisotopic (exact) mass is 375 g/mol. The maximum atomic E-state index is 12.8. The third-order valence-electron chi connectivity index (χ3n) is 3.59. The fourth-order valence-corrected chi connectivity index (χ4v) is 3.51. The van der Waals surface area contributed by atoms with Crippen molar-refractivity contribution in [2.45, 2.75) is 11.8 Å². The standard InChI is InChI=1S/C18H21N3O4S/c1-12-5-7-13(8-6-12)17-15(19)9-14(18(22)25-4)10-16(17)26(23,24)20-11-21(2)3/h5-11H,19H2,1-4H3. The average Bonchev–Trinajstić information content (AvgIpc) is 2.59. The highest BCUT2D eigenvalue weighted by Gasteiger charge is 2.24. The molecule has 0 unspecified atom stereocenters. The molecule has 0 bridgehead atoms. The molecule has 0 aliphatic carbocycles. The summed E-state index contributed by atoms with van der Waals surface area (Å²) in [4.78, 5) is 13.2. The van der Waals surface area contributed by atoms with Crippen LogP contribution in [0.2, 0.25) is 0 Å². The van der Waals surface area contributed by atoms with Gasteiger partial charge in [0, 0.05) is 25.3 Å². The summed E-state index contributed by atoms with van der Waals surface area (Å²) in [7, 11) is 0.426. The molecule has 2 aromatic rings. The fourth-order valence-electron chi connectivity index (χ4n) is 2.32. The highest BCUT2D eigenvalue weighted by Crippen LogP contribution is 2.35. The molecule has 2 N–H and O–H groups in total. The zero-order chi connectivity index (χ0) is 19.5. The van der Waals surface area contributed by atoms with Crippen molar-refractivity contribution in [1.29, 1.82) is 0 Å². The fraction of sp³-hybridized carbons (Fsp3) is 0.222. The number of rotatable bonds is 5. The highest BCUT2D eigenvalue weighted by molar-refractivity contribution is 7.90. The number of hydrogen-bond donors (Lipinski definition) is 1. The normalized spacial score (nSPS) is 11.5. The minimum absolute atomic E-state index is 0.0412. The molecule has 0 aliphatic heterocycles. The molecule has 0 atom stereocenters. The van der Waals surface area contributed by atoms with Crippen molar-refractivity contribution in [2.24, 2.45) is 4.40 Å². The molecular formula is C18H21N3O4S. The molecule has 7 nitrogen and oxygen atoms in total. The van der Waals surface area contributed by atoms with Crippen LogP contribution in [0.1, 0.15) is 15.9 Å². The van der Waals surface area contributed by atoms with Crippen LogP contribution in [0.4, 0.5) is 5.69 Å². The van der Waals surface area contributed by atoms with Crippen molar-refractivity contribution in [3.05, 3.63) is 47.5 Å². The smallest absolute Gasteiger partial charge is 0.337 e. The number of esters is 1. The number of hydrogen-bond acceptors (Lipinski definition) is 5. The second-order valence-corrected chi connectivity index (χ2v) is 7.56. The van der Waals surface area contributed by atoms with E-state index in [4.69, 9.17) is 5.73 Å². The van der Waals surface area contributed by atoms with E-state index in [0.29, 0.717) is 11.1 Å². The summed E-state index contributed by atoms with van der Waals surface area (Å²) in [6.07, 6.45) is 1.18. The summed E-state index contributed by atoms with van der Waals surface area (Å²) < 4.78 is 33.9. The van der Waals surface area contributed by atoms with Gasteiger partial charge in [-0.25, -0.2) is 4.79 Å². The summed E-state index contributed by atoms with van der Waals surface area (Å²) >= 11 is 0. The van der Waals surface area contributed by atoms with Crippen LogP contribution in [0.3, 0.4) is 0 Å². The number of nitrogens with two attached hydrogens (primary N) is 1. The molecular weight excluding hydrogens is 354 g/mol. The maximum absolute atomic E-state index is 12.8. The van der Waals surface area contributed by atoms with Gasteiger partial charge in [0.25, 0.3) is 10.0 Å². The first-order chi connectivity index (χ1) is 12.2. The van der Waals surface area contributed by atoms with Crippen LogP contribution in [0.5, 0.6) is 0 Å². The van der Waals surface area contributed by atoms with Gasteiger partial charge in [0.05, 0.1) is 12.7 Å². The number of carbonyl (C=O) groups is 1. The number of ether oxygens (including phenoxy) is 1. The topological polar surface area (TPSA) is 102 Å². The molecule has 0 fully saturated rings. The van der Waals surface area contributed by atoms with Crippen LogP contribution in [0, 0.1) is 6.92 Å². The van der Waals surface area contributed by atoms with E-state index in [1.165, 1.54) is 30.5 Å². The lowest BCUT2D eigenvalue weighted by molar-refractivity contribution is 0.0600. The first-order valence-electron chi connectivity index (χ1n) is 7.71. The van der Waals surface area contributed by atoms with E-state index in [1.54, 1.807) is 26.2 Å². The van der Waals surface area contributed by atoms with Crippen LogP contribution >= 0.6 is 0 Å². The quantitative estimate of drug-likeness (QED) is 0.372. The Balaban J connectivity index is 2.78. The molecule has 0 aromatic heterocycles. The number of anilines is 1. The Labute approximate surface area is 153 Å². The van der Waals surface area contributed by atoms with E-state index in [0.717, 1.165) is 5.56 Å². The Morgan fingerprint density at radius 2 is 1.81 bits per heavy atom. The Bertz CT molecular complexity index is 949. The third-order valence-corrected chi connectivity index (χ3v) is 4.84. The van der Waals surface area contributed by atoms with Gasteiger partial charge >= 0.3 is 5.97 Å². The van der Waals surface area contributed by atoms with Crippen molar-refractivity contribution in [1.82, 2.24) is 4.90 Å². The van der Waals surface area contributed by atoms with Crippen LogP contribution in [-0.4, -0.2) is 46.8 Å². The third kappa shape index (κ3) is 4.20. The molecule has 0 saturated heterocycles. The number of sulfonamides is 1. The first-order valence-corrected chi connectivity index (χ1v) is 9.15. The van der Waals surface area contributed by atoms with E-state index in [1.807, 2.05) is 19.1 Å². The Hall–Kier alpha value is -2.87. The maximum Gasteiger partial charge on any atom is 0.337 e. The van der Waals surface area contributed by atoms with Crippen LogP contribution < -0.4 is 5.73 Å². The summed E-state index contributed by atoms with van der Waals surface area (Å²) in [6.45, 7) is 1.92. The molecule has 138 valence electrons. The van der Waals surface area contributed by atoms with Crippen molar-refractivity contribution >= 4 is 28.0 Å². The summed E-state index contributed by atoms with van der Waals surface area (Å²) in [6, 6.07) is 9.88. The van der Waals surface area contributed by atoms with Gasteiger partial charge in [0.1, 0.15) is 11.2 Å². The summed E-state index contributed by atoms with van der Waals surface area (Å²) in [5.41, 5.74) is 8.23. The van der Waals surface area contributed by atoms with Gasteiger partial charge in [0.2, 0.25) is 0 Å². The van der Waals surface area contributed by atoms with Crippen molar-refractivity contribution in [3.63, 3.8) is 0 Å². The van der Waals surface area contributed by atoms with E-state index >= 15 is 0 Å². The van der Waals surface area contributed by atoms with Gasteiger partial charge in [-0.1, -0.05) is 29.8 Å². The molecule has 26 heavy (non-hydrogen) atoms. The van der Waals surface area contributed by atoms with Gasteiger partial charge in [-0.05, 0) is 24.6 Å². The van der Waals surface area contributed by atoms with Crippen LogP contribution in [0.15, 0.2) is 45.7 Å². The van der Waals surface area contributed by atoms with Crippen molar-refractivity contribution in [3.8, 4) is 11.1 Å². The van der Waals surface area contributed by atoms with Crippen LogP contribution in [0.25, 0.3) is 11.1 Å². The predicted molar refractivity (Wildman–Crippen MR) is 102 cm³/mol. The Morgan fingerprint density at radius 3 is 2.35 bits per heavy atom. The molecule has 2 rings (SSSR count). The van der Waals surface area contributed by atoms with E-state index in [-0.39, 0.29) is 16.1 Å². The molecule has 8 heteroatoms. The largest absolute Gasteiger partial charge is 0.465 e. The molecule has 0 saturated carbocycles. The van der Waals surface area contributed by atoms with E-state index < -0.39 is 16.0 Å². The SMILES string of the molecule is COC(=O)c1cc(N)c(-c2ccc(C)cc2)c(S(=O)(=O)N=CN(C)C)c1. The zero-order valence-corrected chi connectivity index (χ0v) is 15.9. The zero-order valence-electron chi connectivity index (χ0n) is 15.1. The minimum Gasteiger partial charge on any atom is -0.465 e. The summed E-state index contributed by atoms with van der Waals surface area (Å²) in [5.74, 6) is -0.680. The Morgan fingerprint density at radius 1 is 1.19 bits per heavy atom. The molecule has 0 spiro atoms. The molecule has 0 heterocycles. The lowest BCUT2D eigenvalue weighted by atomic mass is 10.0. The first kappa shape index (κ1) is 19.5. The van der Waals surface area contributed by atoms with Crippen molar-refractivity contribution < 1.29 is 17.9 Å². The van der Waals surface area contributed by atoms with Gasteiger partial charge in [-0.2, -0.15) is 8.42 Å². The summed E-state index contributed by atoms with van der Waals surface area (Å²) in [5, 5.41) is 0. The van der Waals surface area contributed by atoms with Gasteiger partial charge in [0.15, 0.2) is 0 Å². The lowest BCUT2D eigenvalue weighted by Gasteiger charge is -2.14. The van der Waals surface area contributed by atoms with Gasteiger partial charge in [-0.3, -0.25) is 0 Å². The molecule has 0 amide bonds. The lowest BCUT2D eigenvalue weighted by Crippen LogP contribution is -2.12. The average molecular weight is 375 g/mol. The number of carbonyl (C=O) groups excluding carboxylic acids is 1. The molecule has 0 radical (unpaired) electrons. The second-order valence-electron chi connectivity index (χ2n) is 5.96. The second kappa shape index (κ2) is 7.57. The Kier molecular flexibility index (Phi) is 5.66. The molecule has 2 aromatic carbocycles. The number of benzene rings is 2. The van der Waals surface area contributed by atoms with Crippen LogP contribution in [-0.2, 0) is 14.8 Å². The number of aryl methyl sites for hydroxylation is 1. The highest BCUT2D eigenvalue weighted by atomic mass is 32.2. The number of nitrogens with zero attached hydrogens (tertiary/aromatic N) is 2. The van der Waals surface area contributed by atoms with Crippen molar-refractivity contribution in [2.75, 3.05) is 26.9 Å².